The van der Waals surface area contributed by atoms with Crippen molar-refractivity contribution in [2.75, 3.05) is 12.4 Å². The van der Waals surface area contributed by atoms with Crippen LogP contribution in [0.2, 0.25) is 0 Å². The highest BCUT2D eigenvalue weighted by Crippen LogP contribution is 2.30. The van der Waals surface area contributed by atoms with E-state index in [1.54, 1.807) is 6.07 Å². The molecule has 2 rings (SSSR count). The Balaban J connectivity index is 2.30. The van der Waals surface area contributed by atoms with E-state index in [9.17, 15) is 4.39 Å². The van der Waals surface area contributed by atoms with Gasteiger partial charge in [0.1, 0.15) is 23.0 Å². The van der Waals surface area contributed by atoms with Crippen molar-refractivity contribution in [3.8, 4) is 0 Å². The number of nitrogens with one attached hydrogen (secondary N) is 1. The molecule has 0 aliphatic carbocycles. The molecule has 0 aliphatic heterocycles. The average Bonchev–Trinajstić information content (AvgIpc) is 2.32. The molecule has 0 saturated heterocycles. The fourth-order valence-corrected chi connectivity index (χ4v) is 2.32. The van der Waals surface area contributed by atoms with Crippen LogP contribution in [-0.2, 0) is 0 Å². The van der Waals surface area contributed by atoms with Gasteiger partial charge in [0.05, 0.1) is 0 Å². The quantitative estimate of drug-likeness (QED) is 0.848. The van der Waals surface area contributed by atoms with E-state index >= 15 is 0 Å². The fraction of sp³-hybridized carbons (Fsp3) is 0.167. The standard InChI is InChI=1S/C12H12FN3S/c1-8-11(14-2)15-7-16-12(8)17-10-5-3-4-9(13)6-10/h3-7H,1-2H3,(H,14,15,16). The van der Waals surface area contributed by atoms with Gasteiger partial charge < -0.3 is 5.32 Å². The van der Waals surface area contributed by atoms with Gasteiger partial charge in [-0.1, -0.05) is 17.8 Å². The monoisotopic (exact) mass is 249 g/mol. The Bertz CT molecular complexity index is 531. The highest BCUT2D eigenvalue weighted by atomic mass is 32.2. The smallest absolute Gasteiger partial charge is 0.133 e. The third-order valence-corrected chi connectivity index (χ3v) is 3.38. The summed E-state index contributed by atoms with van der Waals surface area (Å²) in [5, 5.41) is 3.82. The Hall–Kier alpha value is -1.62. The zero-order valence-corrected chi connectivity index (χ0v) is 10.4. The Labute approximate surface area is 103 Å². The van der Waals surface area contributed by atoms with Gasteiger partial charge in [0.2, 0.25) is 0 Å². The maximum absolute atomic E-state index is 13.1. The van der Waals surface area contributed by atoms with Gasteiger partial charge in [-0.05, 0) is 25.1 Å². The number of hydrogen-bond acceptors (Lipinski definition) is 4. The molecule has 0 amide bonds. The zero-order valence-electron chi connectivity index (χ0n) is 9.57. The Morgan fingerprint density at radius 1 is 1.29 bits per heavy atom. The van der Waals surface area contributed by atoms with E-state index in [1.165, 1.54) is 30.2 Å². The predicted octanol–water partition coefficient (Wildman–Crippen LogP) is 3.12. The van der Waals surface area contributed by atoms with Crippen LogP contribution >= 0.6 is 11.8 Å². The first kappa shape index (κ1) is 11.9. The summed E-state index contributed by atoms with van der Waals surface area (Å²) in [4.78, 5) is 9.14. The topological polar surface area (TPSA) is 37.8 Å². The van der Waals surface area contributed by atoms with E-state index in [2.05, 4.69) is 15.3 Å². The van der Waals surface area contributed by atoms with Gasteiger partial charge in [0.15, 0.2) is 0 Å². The highest BCUT2D eigenvalue weighted by Gasteiger charge is 2.07. The van der Waals surface area contributed by atoms with Crippen molar-refractivity contribution in [1.82, 2.24) is 9.97 Å². The maximum atomic E-state index is 13.1. The second kappa shape index (κ2) is 5.14. The maximum Gasteiger partial charge on any atom is 0.133 e. The summed E-state index contributed by atoms with van der Waals surface area (Å²) in [5.74, 6) is 0.550. The van der Waals surface area contributed by atoms with Gasteiger partial charge in [-0.3, -0.25) is 0 Å². The molecule has 17 heavy (non-hydrogen) atoms. The molecule has 1 aromatic heterocycles. The number of rotatable bonds is 3. The molecule has 0 spiro atoms. The molecule has 0 radical (unpaired) electrons. The molecule has 2 aromatic rings. The molecular weight excluding hydrogens is 237 g/mol. The van der Waals surface area contributed by atoms with E-state index in [0.29, 0.717) is 0 Å². The molecule has 0 atom stereocenters. The molecule has 3 nitrogen and oxygen atoms in total. The van der Waals surface area contributed by atoms with Crippen LogP contribution in [0.15, 0.2) is 40.5 Å². The third kappa shape index (κ3) is 2.74. The summed E-state index contributed by atoms with van der Waals surface area (Å²) in [7, 11) is 1.81. The number of nitrogens with zero attached hydrogens (tertiary/aromatic N) is 2. The van der Waals surface area contributed by atoms with E-state index in [4.69, 9.17) is 0 Å². The zero-order chi connectivity index (χ0) is 12.3. The molecule has 88 valence electrons. The molecule has 5 heteroatoms. The van der Waals surface area contributed by atoms with Crippen molar-refractivity contribution in [2.24, 2.45) is 0 Å². The Kier molecular flexibility index (Phi) is 3.58. The van der Waals surface area contributed by atoms with Crippen molar-refractivity contribution in [1.29, 1.82) is 0 Å². The number of hydrogen-bond donors (Lipinski definition) is 1. The van der Waals surface area contributed by atoms with E-state index in [1.807, 2.05) is 20.0 Å². The largest absolute Gasteiger partial charge is 0.373 e. The number of aromatic nitrogens is 2. The van der Waals surface area contributed by atoms with Gasteiger partial charge in [0, 0.05) is 17.5 Å². The van der Waals surface area contributed by atoms with Crippen molar-refractivity contribution in [2.45, 2.75) is 16.8 Å². The van der Waals surface area contributed by atoms with Gasteiger partial charge in [-0.25, -0.2) is 14.4 Å². The van der Waals surface area contributed by atoms with Gasteiger partial charge in [-0.15, -0.1) is 0 Å². The van der Waals surface area contributed by atoms with Gasteiger partial charge in [-0.2, -0.15) is 0 Å². The van der Waals surface area contributed by atoms with E-state index in [0.717, 1.165) is 21.3 Å². The number of anilines is 1. The van der Waals surface area contributed by atoms with E-state index in [-0.39, 0.29) is 5.82 Å². The van der Waals surface area contributed by atoms with Crippen molar-refractivity contribution in [3.63, 3.8) is 0 Å². The minimum Gasteiger partial charge on any atom is -0.373 e. The fourth-order valence-electron chi connectivity index (χ4n) is 1.43. The minimum atomic E-state index is -0.240. The van der Waals surface area contributed by atoms with Crippen molar-refractivity contribution >= 4 is 17.6 Å². The Morgan fingerprint density at radius 2 is 2.12 bits per heavy atom. The molecule has 0 fully saturated rings. The van der Waals surface area contributed by atoms with Crippen LogP contribution < -0.4 is 5.32 Å². The van der Waals surface area contributed by atoms with Gasteiger partial charge >= 0.3 is 0 Å². The SMILES string of the molecule is CNc1ncnc(Sc2cccc(F)c2)c1C. The predicted molar refractivity (Wildman–Crippen MR) is 66.8 cm³/mol. The normalized spacial score (nSPS) is 10.3. The molecule has 0 saturated carbocycles. The first-order chi connectivity index (χ1) is 8.20. The van der Waals surface area contributed by atoms with Crippen LogP contribution in [0.3, 0.4) is 0 Å². The first-order valence-corrected chi connectivity index (χ1v) is 5.95. The summed E-state index contributed by atoms with van der Waals surface area (Å²) in [6.07, 6.45) is 1.50. The molecule has 0 unspecified atom stereocenters. The van der Waals surface area contributed by atoms with Crippen LogP contribution in [0.25, 0.3) is 0 Å². The van der Waals surface area contributed by atoms with Crippen LogP contribution in [0.4, 0.5) is 10.2 Å². The molecule has 1 aromatic carbocycles. The lowest BCUT2D eigenvalue weighted by Crippen LogP contribution is -1.98. The van der Waals surface area contributed by atoms with E-state index < -0.39 is 0 Å². The molecule has 1 N–H and O–H groups in total. The molecule has 0 bridgehead atoms. The van der Waals surface area contributed by atoms with Crippen LogP contribution in [0.1, 0.15) is 5.56 Å². The van der Waals surface area contributed by atoms with Crippen molar-refractivity contribution < 1.29 is 4.39 Å². The third-order valence-electron chi connectivity index (χ3n) is 2.29. The lowest BCUT2D eigenvalue weighted by atomic mass is 10.3. The summed E-state index contributed by atoms with van der Waals surface area (Å²) in [6.45, 7) is 1.94. The van der Waals surface area contributed by atoms with Crippen molar-refractivity contribution in [3.05, 3.63) is 42.0 Å². The second-order valence-electron chi connectivity index (χ2n) is 3.46. The summed E-state index contributed by atoms with van der Waals surface area (Å²) in [5.41, 5.74) is 0.962. The lowest BCUT2D eigenvalue weighted by molar-refractivity contribution is 0.624. The summed E-state index contributed by atoms with van der Waals surface area (Å²) in [6, 6.07) is 6.46. The molecule has 0 aliphatic rings. The number of benzene rings is 1. The first-order valence-electron chi connectivity index (χ1n) is 5.13. The van der Waals surface area contributed by atoms with Crippen LogP contribution in [0, 0.1) is 12.7 Å². The molecule has 1 heterocycles. The highest BCUT2D eigenvalue weighted by molar-refractivity contribution is 7.99. The number of halogens is 1. The minimum absolute atomic E-state index is 0.240. The second-order valence-corrected chi connectivity index (χ2v) is 4.52. The lowest BCUT2D eigenvalue weighted by Gasteiger charge is -2.08. The van der Waals surface area contributed by atoms with Gasteiger partial charge in [0.25, 0.3) is 0 Å². The van der Waals surface area contributed by atoms with Crippen LogP contribution in [0.5, 0.6) is 0 Å². The summed E-state index contributed by atoms with van der Waals surface area (Å²) >= 11 is 1.43. The average molecular weight is 249 g/mol. The molecular formula is C12H12FN3S. The van der Waals surface area contributed by atoms with Crippen LogP contribution in [-0.4, -0.2) is 17.0 Å². The summed E-state index contributed by atoms with van der Waals surface area (Å²) < 4.78 is 13.1. The Morgan fingerprint density at radius 3 is 2.82 bits per heavy atom.